The first-order valence-corrected chi connectivity index (χ1v) is 10.1. The third-order valence-electron chi connectivity index (χ3n) is 3.94. The zero-order valence-electron chi connectivity index (χ0n) is 17.6. The molecule has 1 aliphatic heterocycles. The topological polar surface area (TPSA) is 140 Å². The first-order valence-electron chi connectivity index (χ1n) is 9.62. The molecule has 0 unspecified atom stereocenters. The third kappa shape index (κ3) is 8.32. The third-order valence-corrected chi connectivity index (χ3v) is 4.10. The lowest BCUT2D eigenvalue weighted by Crippen LogP contribution is -2.32. The van der Waals surface area contributed by atoms with Crippen LogP contribution < -0.4 is 10.2 Å². The van der Waals surface area contributed by atoms with Crippen molar-refractivity contribution in [1.82, 2.24) is 20.5 Å². The number of carbonyl (C=O) groups is 4. The molecule has 2 rings (SSSR count). The molecule has 1 aromatic rings. The Morgan fingerprint density at radius 2 is 1.84 bits per heavy atom. The summed E-state index contributed by atoms with van der Waals surface area (Å²) in [5, 5.41) is 4.53. The van der Waals surface area contributed by atoms with Crippen LogP contribution in [0.5, 0.6) is 6.01 Å². The molecule has 1 saturated heterocycles. The van der Waals surface area contributed by atoms with Gasteiger partial charge in [0.05, 0.1) is 18.7 Å². The lowest BCUT2D eigenvalue weighted by Gasteiger charge is -2.15. The van der Waals surface area contributed by atoms with Crippen molar-refractivity contribution in [2.45, 2.75) is 57.6 Å². The van der Waals surface area contributed by atoms with E-state index in [1.165, 1.54) is 12.4 Å². The van der Waals surface area contributed by atoms with Gasteiger partial charge >= 0.3 is 12.0 Å². The maximum absolute atomic E-state index is 11.8. The van der Waals surface area contributed by atoms with Crippen LogP contribution in [0.4, 0.5) is 0 Å². The largest absolute Gasteiger partial charge is 0.463 e. The van der Waals surface area contributed by atoms with Gasteiger partial charge in [0.2, 0.25) is 5.91 Å². The summed E-state index contributed by atoms with van der Waals surface area (Å²) in [6.45, 7) is 5.50. The molecule has 0 atom stereocenters. The molecular weight excluding hydrogens is 426 g/mol. The van der Waals surface area contributed by atoms with E-state index < -0.39 is 22.5 Å². The molecule has 0 saturated carbocycles. The Labute approximate surface area is 184 Å². The molecule has 0 aliphatic carbocycles. The van der Waals surface area contributed by atoms with Crippen LogP contribution in [0.3, 0.4) is 0 Å². The van der Waals surface area contributed by atoms with E-state index in [1.54, 1.807) is 6.92 Å². The van der Waals surface area contributed by atoms with Crippen molar-refractivity contribution < 1.29 is 28.8 Å². The lowest BCUT2D eigenvalue weighted by molar-refractivity contribution is -0.197. The minimum absolute atomic E-state index is 0.0380. The average Bonchev–Trinajstić information content (AvgIpc) is 3.00. The number of hydrogen-bond donors (Lipinski definition) is 2. The average molecular weight is 452 g/mol. The van der Waals surface area contributed by atoms with Gasteiger partial charge in [-0.3, -0.25) is 14.4 Å². The number of aromatic nitrogens is 2. The van der Waals surface area contributed by atoms with Crippen LogP contribution in [-0.4, -0.2) is 55.8 Å². The molecule has 1 N–H and O–H groups in total. The minimum Gasteiger partial charge on any atom is -0.463 e. The number of rotatable bonds is 10. The highest BCUT2D eigenvalue weighted by atomic mass is 32.1. The van der Waals surface area contributed by atoms with Crippen LogP contribution in [0.2, 0.25) is 0 Å². The number of carbonyl (C=O) groups excluding carboxylic acids is 4. The number of amides is 3. The Hall–Kier alpha value is -3.02. The summed E-state index contributed by atoms with van der Waals surface area (Å²) in [6.07, 6.45) is 3.55. The highest BCUT2D eigenvalue weighted by molar-refractivity contribution is 7.81. The number of nitrogens with one attached hydrogen (secondary N) is 1. The van der Waals surface area contributed by atoms with Gasteiger partial charge in [-0.2, -0.15) is 17.7 Å². The summed E-state index contributed by atoms with van der Waals surface area (Å²) in [4.78, 5) is 59.1. The Morgan fingerprint density at radius 3 is 2.42 bits per heavy atom. The van der Waals surface area contributed by atoms with Gasteiger partial charge in [-0.05, 0) is 13.3 Å². The van der Waals surface area contributed by atoms with E-state index in [1.807, 2.05) is 13.8 Å². The number of hydrazone groups is 1. The van der Waals surface area contributed by atoms with Crippen molar-refractivity contribution in [1.29, 1.82) is 0 Å². The van der Waals surface area contributed by atoms with Crippen molar-refractivity contribution >= 4 is 42.0 Å². The molecule has 0 bridgehead atoms. The number of thiol groups is 1. The van der Waals surface area contributed by atoms with Crippen LogP contribution in [0.15, 0.2) is 17.5 Å². The predicted molar refractivity (Wildman–Crippen MR) is 112 cm³/mol. The fourth-order valence-corrected chi connectivity index (χ4v) is 2.55. The van der Waals surface area contributed by atoms with E-state index in [0.29, 0.717) is 16.3 Å². The van der Waals surface area contributed by atoms with Gasteiger partial charge in [-0.1, -0.05) is 13.8 Å². The highest BCUT2D eigenvalue weighted by Gasteiger charge is 2.32. The standard InChI is InChI=1S/C19H25N5O6S/c1-12(22-23-14(25)9-19(2,3)31)13-10-20-18(21-11-13)29-8-4-5-17(28)30-24-15(26)6-7-16(24)27/h10-11,31H,4-9H2,1-3H3,(H,23,25)/b22-12-. The zero-order valence-corrected chi connectivity index (χ0v) is 18.5. The highest BCUT2D eigenvalue weighted by Crippen LogP contribution is 2.16. The maximum Gasteiger partial charge on any atom is 0.333 e. The van der Waals surface area contributed by atoms with E-state index in [9.17, 15) is 19.2 Å². The van der Waals surface area contributed by atoms with Gasteiger partial charge in [-0.15, -0.1) is 5.06 Å². The summed E-state index contributed by atoms with van der Waals surface area (Å²) >= 11 is 4.30. The van der Waals surface area contributed by atoms with Crippen molar-refractivity contribution in [2.75, 3.05) is 6.61 Å². The Kier molecular flexibility index (Phi) is 8.48. The van der Waals surface area contributed by atoms with Gasteiger partial charge in [0.25, 0.3) is 11.8 Å². The molecule has 0 spiro atoms. The molecule has 1 fully saturated rings. The summed E-state index contributed by atoms with van der Waals surface area (Å²) in [5.74, 6) is -1.99. The summed E-state index contributed by atoms with van der Waals surface area (Å²) in [5.41, 5.74) is 3.58. The number of nitrogens with zero attached hydrogens (tertiary/aromatic N) is 4. The van der Waals surface area contributed by atoms with E-state index in [2.05, 4.69) is 33.1 Å². The van der Waals surface area contributed by atoms with Crippen LogP contribution in [0.1, 0.15) is 58.4 Å². The molecular formula is C19H25N5O6S. The van der Waals surface area contributed by atoms with E-state index in [-0.39, 0.29) is 50.6 Å². The first kappa shape index (κ1) is 24.3. The summed E-state index contributed by atoms with van der Waals surface area (Å²) < 4.78 is 4.93. The molecule has 11 nitrogen and oxygen atoms in total. The normalized spacial score (nSPS) is 14.6. The minimum atomic E-state index is -0.696. The van der Waals surface area contributed by atoms with Crippen LogP contribution in [0, 0.1) is 0 Å². The summed E-state index contributed by atoms with van der Waals surface area (Å²) in [7, 11) is 0. The van der Waals surface area contributed by atoms with E-state index >= 15 is 0 Å². The monoisotopic (exact) mass is 451 g/mol. The summed E-state index contributed by atoms with van der Waals surface area (Å²) in [6, 6.07) is 0.107. The van der Waals surface area contributed by atoms with Crippen LogP contribution >= 0.6 is 12.6 Å². The molecule has 1 aromatic heterocycles. The Balaban J connectivity index is 1.72. The number of hydroxylamine groups is 2. The quantitative estimate of drug-likeness (QED) is 0.178. The second kappa shape index (κ2) is 10.8. The van der Waals surface area contributed by atoms with Gasteiger partial charge in [0, 0.05) is 42.0 Å². The van der Waals surface area contributed by atoms with E-state index in [0.717, 1.165) is 0 Å². The molecule has 2 heterocycles. The second-order valence-electron chi connectivity index (χ2n) is 7.47. The molecule has 3 amide bonds. The molecule has 168 valence electrons. The van der Waals surface area contributed by atoms with Gasteiger partial charge in [0.15, 0.2) is 0 Å². The first-order chi connectivity index (χ1) is 14.5. The van der Waals surface area contributed by atoms with Gasteiger partial charge in [0.1, 0.15) is 0 Å². The fourth-order valence-electron chi connectivity index (χ4n) is 2.41. The van der Waals surface area contributed by atoms with Crippen molar-refractivity contribution in [3.05, 3.63) is 18.0 Å². The molecule has 0 radical (unpaired) electrons. The van der Waals surface area contributed by atoms with Crippen LogP contribution in [0.25, 0.3) is 0 Å². The van der Waals surface area contributed by atoms with Gasteiger partial charge in [-0.25, -0.2) is 20.2 Å². The molecule has 1 aliphatic rings. The van der Waals surface area contributed by atoms with E-state index in [4.69, 9.17) is 9.57 Å². The fraction of sp³-hybridized carbons (Fsp3) is 0.526. The van der Waals surface area contributed by atoms with Gasteiger partial charge < -0.3 is 9.57 Å². The zero-order chi connectivity index (χ0) is 23.0. The number of ether oxygens (including phenoxy) is 1. The molecule has 12 heteroatoms. The Bertz CT molecular complexity index is 850. The molecule has 31 heavy (non-hydrogen) atoms. The second-order valence-corrected chi connectivity index (χ2v) is 8.68. The smallest absolute Gasteiger partial charge is 0.333 e. The maximum atomic E-state index is 11.8. The predicted octanol–water partition coefficient (Wildman–Crippen LogP) is 1.18. The SMILES string of the molecule is C/C(=N/NC(=O)CC(C)(C)S)c1cnc(OCCCC(=O)ON2C(=O)CCC2=O)nc1. The number of imide groups is 1. The van der Waals surface area contributed by atoms with Crippen molar-refractivity contribution in [3.8, 4) is 6.01 Å². The van der Waals surface area contributed by atoms with Crippen molar-refractivity contribution in [2.24, 2.45) is 5.10 Å². The molecule has 0 aromatic carbocycles. The Morgan fingerprint density at radius 1 is 1.23 bits per heavy atom. The lowest BCUT2D eigenvalue weighted by atomic mass is 10.1. The van der Waals surface area contributed by atoms with Crippen molar-refractivity contribution in [3.63, 3.8) is 0 Å². The number of hydrogen-bond acceptors (Lipinski definition) is 10. The van der Waals surface area contributed by atoms with Crippen LogP contribution in [-0.2, 0) is 24.0 Å².